The molecule has 2 amide bonds. The largest absolute Gasteiger partial charge is 0.450 e. The summed E-state index contributed by atoms with van der Waals surface area (Å²) in [6, 6.07) is 41.9. The zero-order valence-electron chi connectivity index (χ0n) is 34.3. The van der Waals surface area contributed by atoms with E-state index in [0.717, 1.165) is 16.0 Å². The summed E-state index contributed by atoms with van der Waals surface area (Å²) in [7, 11) is 1.40. The Morgan fingerprint density at radius 3 is 1.79 bits per heavy atom. The summed E-state index contributed by atoms with van der Waals surface area (Å²) in [5, 5.41) is 11.1. The number of imide groups is 1. The van der Waals surface area contributed by atoms with Gasteiger partial charge in [-0.3, -0.25) is 14.5 Å². The Bertz CT molecular complexity index is 2280. The molecule has 11 atom stereocenters. The van der Waals surface area contributed by atoms with Crippen LogP contribution in [0, 0.1) is 0 Å². The number of ether oxygens (including phenoxy) is 9. The first kappa shape index (κ1) is 42.6. The molecule has 0 aromatic heterocycles. The Kier molecular flexibility index (Phi) is 13.1. The second kappa shape index (κ2) is 19.4. The molecule has 14 heteroatoms. The fourth-order valence-electron chi connectivity index (χ4n) is 8.55. The lowest BCUT2D eigenvalue weighted by Crippen LogP contribution is -2.70. The molecule has 326 valence electrons. The molecule has 0 saturated carbocycles. The quantitative estimate of drug-likeness (QED) is 0.108. The van der Waals surface area contributed by atoms with E-state index in [0.29, 0.717) is 5.56 Å². The van der Waals surface area contributed by atoms with E-state index in [1.807, 2.05) is 91.0 Å². The Hall–Kier alpha value is -5.65. The van der Waals surface area contributed by atoms with Gasteiger partial charge in [-0.05, 0) is 35.4 Å². The van der Waals surface area contributed by atoms with Gasteiger partial charge >= 0.3 is 5.97 Å². The summed E-state index contributed by atoms with van der Waals surface area (Å²) in [6.07, 6.45) is -11.4. The van der Waals surface area contributed by atoms with Crippen LogP contribution in [0.3, 0.4) is 0 Å². The molecule has 63 heavy (non-hydrogen) atoms. The van der Waals surface area contributed by atoms with Crippen molar-refractivity contribution in [2.24, 2.45) is 0 Å². The molecular weight excluding hydrogens is 811 g/mol. The minimum Gasteiger partial charge on any atom is -0.450 e. The van der Waals surface area contributed by atoms with Gasteiger partial charge in [0.05, 0.1) is 43.1 Å². The van der Waals surface area contributed by atoms with Crippen LogP contribution in [0.2, 0.25) is 0 Å². The van der Waals surface area contributed by atoms with Crippen LogP contribution in [0.1, 0.15) is 54.1 Å². The fraction of sp³-hybridized carbons (Fsp3) is 0.327. The highest BCUT2D eigenvalue weighted by atomic mass is 16.8. The molecular formula is C49H47NO13. The van der Waals surface area contributed by atoms with Crippen molar-refractivity contribution < 1.29 is 62.1 Å². The lowest BCUT2D eigenvalue weighted by molar-refractivity contribution is -0.383. The van der Waals surface area contributed by atoms with Gasteiger partial charge in [0.1, 0.15) is 42.7 Å². The molecule has 3 fully saturated rings. The molecule has 5 aromatic carbocycles. The number of rotatable bonds is 14. The molecule has 0 unspecified atom stereocenters. The monoisotopic (exact) mass is 857 g/mol. The first-order chi connectivity index (χ1) is 30.9. The molecule has 14 nitrogen and oxygen atoms in total. The number of carbonyl (C=O) groups excluding carboxylic acids is 3. The van der Waals surface area contributed by atoms with Gasteiger partial charge in [0, 0.05) is 12.7 Å². The Balaban J connectivity index is 1.13. The van der Waals surface area contributed by atoms with Crippen LogP contribution in [0.4, 0.5) is 0 Å². The average molecular weight is 858 g/mol. The lowest BCUT2D eigenvalue weighted by atomic mass is 9.93. The van der Waals surface area contributed by atoms with Crippen LogP contribution < -0.4 is 0 Å². The standard InChI is InChI=1S/C49H47NO13/c1-55-48-38(50-44(52)34-24-14-15-25-35(34)45(50)53)41(40-37(60-48)29-58-47(62-40)33-22-12-5-13-23-33)63-49-43(61-46(54)32-20-10-4-11-21-32)42(57-28-31-18-8-3-9-19-31)39(36(26-51)59-49)56-27-30-16-6-2-7-17-30/h2-25,36-43,47-49,51H,26-29H2,1H3/t36-,37-,38-,39-,40-,41-,42+,43-,47-,48-,49+/m1/s1. The van der Waals surface area contributed by atoms with Crippen molar-refractivity contribution in [2.45, 2.75) is 80.9 Å². The van der Waals surface area contributed by atoms with E-state index < -0.39 is 92.0 Å². The number of esters is 1. The normalized spacial score (nSPS) is 29.2. The second-order valence-electron chi connectivity index (χ2n) is 15.6. The Morgan fingerprint density at radius 1 is 0.651 bits per heavy atom. The summed E-state index contributed by atoms with van der Waals surface area (Å²) < 4.78 is 58.6. The second-order valence-corrected chi connectivity index (χ2v) is 15.6. The molecule has 3 saturated heterocycles. The van der Waals surface area contributed by atoms with Gasteiger partial charge < -0.3 is 47.7 Å². The fourth-order valence-corrected chi connectivity index (χ4v) is 8.55. The molecule has 9 rings (SSSR count). The maximum absolute atomic E-state index is 14.3. The predicted octanol–water partition coefficient (Wildman–Crippen LogP) is 5.64. The molecule has 0 spiro atoms. The molecule has 0 radical (unpaired) electrons. The third-order valence-electron chi connectivity index (χ3n) is 11.6. The number of carbonyl (C=O) groups is 3. The number of benzene rings is 5. The SMILES string of the molecule is CO[C@@H]1O[C@@H]2CO[C@@H](c3ccccc3)O[C@H]2[C@H](O[C@@H]2O[C@H](CO)[C@@H](OCc3ccccc3)[C@H](OCc3ccccc3)[C@H]2OC(=O)c2ccccc2)[C@H]1N1C(=O)c2ccccc2C1=O. The Morgan fingerprint density at radius 2 is 1.21 bits per heavy atom. The maximum Gasteiger partial charge on any atom is 0.338 e. The molecule has 0 bridgehead atoms. The smallest absolute Gasteiger partial charge is 0.338 e. The highest BCUT2D eigenvalue weighted by molar-refractivity contribution is 6.21. The van der Waals surface area contributed by atoms with Crippen LogP contribution >= 0.6 is 0 Å². The molecule has 4 heterocycles. The number of hydrogen-bond donors (Lipinski definition) is 1. The van der Waals surface area contributed by atoms with E-state index >= 15 is 0 Å². The number of aliphatic hydroxyl groups excluding tert-OH is 1. The van der Waals surface area contributed by atoms with Crippen LogP contribution in [-0.2, 0) is 55.8 Å². The van der Waals surface area contributed by atoms with E-state index in [2.05, 4.69) is 0 Å². The average Bonchev–Trinajstić information content (AvgIpc) is 3.59. The van der Waals surface area contributed by atoms with Gasteiger partial charge in [0.15, 0.2) is 25.0 Å². The van der Waals surface area contributed by atoms with Gasteiger partial charge in [-0.25, -0.2) is 4.79 Å². The first-order valence-electron chi connectivity index (χ1n) is 20.9. The minimum atomic E-state index is -1.52. The highest BCUT2D eigenvalue weighted by Gasteiger charge is 2.59. The number of amides is 2. The molecule has 4 aliphatic heterocycles. The van der Waals surface area contributed by atoms with Crippen LogP contribution in [0.5, 0.6) is 0 Å². The third-order valence-corrected chi connectivity index (χ3v) is 11.6. The van der Waals surface area contributed by atoms with E-state index in [1.54, 1.807) is 54.6 Å². The van der Waals surface area contributed by atoms with Crippen molar-refractivity contribution in [3.63, 3.8) is 0 Å². The summed E-state index contributed by atoms with van der Waals surface area (Å²) >= 11 is 0. The predicted molar refractivity (Wildman–Crippen MR) is 223 cm³/mol. The number of aliphatic hydroxyl groups is 1. The summed E-state index contributed by atoms with van der Waals surface area (Å²) in [4.78, 5) is 43.9. The number of fused-ring (bicyclic) bond motifs is 2. The number of nitrogens with zero attached hydrogens (tertiary/aromatic N) is 1. The van der Waals surface area contributed by atoms with Crippen LogP contribution in [-0.4, -0.2) is 109 Å². The van der Waals surface area contributed by atoms with E-state index in [9.17, 15) is 19.5 Å². The lowest BCUT2D eigenvalue weighted by Gasteiger charge is -2.52. The third kappa shape index (κ3) is 8.95. The molecule has 4 aliphatic rings. The zero-order valence-corrected chi connectivity index (χ0v) is 34.3. The number of hydrogen-bond acceptors (Lipinski definition) is 13. The van der Waals surface area contributed by atoms with E-state index in [-0.39, 0.29) is 36.5 Å². The summed E-state index contributed by atoms with van der Waals surface area (Å²) in [5.74, 6) is -1.89. The van der Waals surface area contributed by atoms with Crippen LogP contribution in [0.25, 0.3) is 0 Å². The molecule has 1 N–H and O–H groups in total. The van der Waals surface area contributed by atoms with Crippen molar-refractivity contribution in [1.82, 2.24) is 4.90 Å². The van der Waals surface area contributed by atoms with Crippen LogP contribution in [0.15, 0.2) is 146 Å². The zero-order chi connectivity index (χ0) is 43.3. The minimum absolute atomic E-state index is 0.0220. The van der Waals surface area contributed by atoms with Gasteiger partial charge in [-0.1, -0.05) is 121 Å². The first-order valence-corrected chi connectivity index (χ1v) is 20.9. The Labute approximate surface area is 364 Å². The van der Waals surface area contributed by atoms with Crippen molar-refractivity contribution >= 4 is 17.8 Å². The maximum atomic E-state index is 14.3. The van der Waals surface area contributed by atoms with Gasteiger partial charge in [-0.15, -0.1) is 0 Å². The van der Waals surface area contributed by atoms with Crippen molar-refractivity contribution in [3.8, 4) is 0 Å². The van der Waals surface area contributed by atoms with E-state index in [4.69, 9.17) is 42.6 Å². The summed E-state index contributed by atoms with van der Waals surface area (Å²) in [5.41, 5.74) is 3.02. The molecule has 5 aromatic rings. The van der Waals surface area contributed by atoms with Gasteiger partial charge in [0.2, 0.25) is 0 Å². The van der Waals surface area contributed by atoms with Gasteiger partial charge in [-0.2, -0.15) is 0 Å². The van der Waals surface area contributed by atoms with Crippen molar-refractivity contribution in [1.29, 1.82) is 0 Å². The number of methoxy groups -OCH3 is 1. The van der Waals surface area contributed by atoms with Crippen molar-refractivity contribution in [3.05, 3.63) is 179 Å². The molecule has 0 aliphatic carbocycles. The summed E-state index contributed by atoms with van der Waals surface area (Å²) in [6.45, 7) is -0.358. The highest BCUT2D eigenvalue weighted by Crippen LogP contribution is 2.42. The van der Waals surface area contributed by atoms with E-state index in [1.165, 1.54) is 7.11 Å². The van der Waals surface area contributed by atoms with Gasteiger partial charge in [0.25, 0.3) is 11.8 Å². The van der Waals surface area contributed by atoms with Crippen molar-refractivity contribution in [2.75, 3.05) is 20.3 Å². The topological polar surface area (TPSA) is 158 Å².